The molecule has 0 aliphatic heterocycles. The maximum atomic E-state index is 13.2. The van der Waals surface area contributed by atoms with E-state index in [1.165, 1.54) is 28.3 Å². The van der Waals surface area contributed by atoms with Gasteiger partial charge in [-0.1, -0.05) is 24.2 Å². The van der Waals surface area contributed by atoms with Gasteiger partial charge in [-0.3, -0.25) is 0 Å². The third kappa shape index (κ3) is 2.95. The van der Waals surface area contributed by atoms with Gasteiger partial charge in [0.15, 0.2) is 5.82 Å². The smallest absolute Gasteiger partial charge is 0.260 e. The van der Waals surface area contributed by atoms with E-state index in [0.29, 0.717) is 23.1 Å². The zero-order chi connectivity index (χ0) is 14.8. The zero-order valence-electron chi connectivity index (χ0n) is 11.5. The van der Waals surface area contributed by atoms with Crippen molar-refractivity contribution in [3.05, 3.63) is 52.4 Å². The summed E-state index contributed by atoms with van der Waals surface area (Å²) in [7, 11) is 0. The average Bonchev–Trinajstić information content (AvgIpc) is 3.05. The summed E-state index contributed by atoms with van der Waals surface area (Å²) in [4.78, 5) is 5.51. The molecule has 3 aromatic rings. The molecule has 2 heterocycles. The second-order valence-electron chi connectivity index (χ2n) is 4.67. The van der Waals surface area contributed by atoms with Crippen LogP contribution in [0.25, 0.3) is 11.5 Å². The highest BCUT2D eigenvalue weighted by atomic mass is 32.1. The Labute approximate surface area is 125 Å². The van der Waals surface area contributed by atoms with E-state index < -0.39 is 0 Å². The molecule has 0 fully saturated rings. The van der Waals surface area contributed by atoms with Crippen LogP contribution in [0.5, 0.6) is 0 Å². The number of nitrogens with two attached hydrogens (primary N) is 1. The SMILES string of the molecule is CCc1cc(-c2nc(Cc3cccc(F)c3)no2)c(N)s1. The second-order valence-corrected chi connectivity index (χ2v) is 5.83. The van der Waals surface area contributed by atoms with Gasteiger partial charge in [-0.25, -0.2) is 4.39 Å². The largest absolute Gasteiger partial charge is 0.390 e. The molecule has 0 atom stereocenters. The van der Waals surface area contributed by atoms with Crippen molar-refractivity contribution in [1.29, 1.82) is 0 Å². The molecule has 0 aliphatic carbocycles. The summed E-state index contributed by atoms with van der Waals surface area (Å²) < 4.78 is 18.4. The Balaban J connectivity index is 1.84. The molecule has 2 aromatic heterocycles. The van der Waals surface area contributed by atoms with E-state index in [4.69, 9.17) is 10.3 Å². The van der Waals surface area contributed by atoms with Crippen LogP contribution >= 0.6 is 11.3 Å². The Bertz CT molecular complexity index is 766. The van der Waals surface area contributed by atoms with Gasteiger partial charge >= 0.3 is 0 Å². The fourth-order valence-electron chi connectivity index (χ4n) is 2.06. The normalized spacial score (nSPS) is 11.0. The molecule has 108 valence electrons. The van der Waals surface area contributed by atoms with Crippen LogP contribution in [0.1, 0.15) is 23.2 Å². The van der Waals surface area contributed by atoms with Crippen molar-refractivity contribution in [2.75, 3.05) is 5.73 Å². The Kier molecular flexibility index (Phi) is 3.70. The molecule has 0 saturated heterocycles. The molecule has 1 aromatic carbocycles. The van der Waals surface area contributed by atoms with Crippen LogP contribution in [-0.4, -0.2) is 10.1 Å². The molecule has 3 rings (SSSR count). The van der Waals surface area contributed by atoms with Gasteiger partial charge in [0.2, 0.25) is 0 Å². The van der Waals surface area contributed by atoms with Crippen LogP contribution in [0, 0.1) is 5.82 Å². The van der Waals surface area contributed by atoms with Gasteiger partial charge in [0, 0.05) is 11.3 Å². The van der Waals surface area contributed by atoms with E-state index >= 15 is 0 Å². The number of hydrogen-bond acceptors (Lipinski definition) is 5. The monoisotopic (exact) mass is 303 g/mol. The van der Waals surface area contributed by atoms with Crippen molar-refractivity contribution >= 4 is 16.3 Å². The third-order valence-corrected chi connectivity index (χ3v) is 4.22. The molecule has 4 nitrogen and oxygen atoms in total. The quantitative estimate of drug-likeness (QED) is 0.798. The first-order valence-electron chi connectivity index (χ1n) is 6.61. The maximum absolute atomic E-state index is 13.2. The highest BCUT2D eigenvalue weighted by Gasteiger charge is 2.15. The standard InChI is InChI=1S/C15H14FN3OS/c1-2-11-8-12(14(17)21-11)15-18-13(19-20-15)7-9-4-3-5-10(16)6-9/h3-6,8H,2,7,17H2,1H3. The molecule has 6 heteroatoms. The first-order valence-corrected chi connectivity index (χ1v) is 7.43. The minimum Gasteiger partial charge on any atom is -0.390 e. The number of nitrogen functional groups attached to an aromatic ring is 1. The van der Waals surface area contributed by atoms with Crippen molar-refractivity contribution in [1.82, 2.24) is 10.1 Å². The topological polar surface area (TPSA) is 64.9 Å². The summed E-state index contributed by atoms with van der Waals surface area (Å²) in [5.41, 5.74) is 7.55. The maximum Gasteiger partial charge on any atom is 0.260 e. The molecule has 0 unspecified atom stereocenters. The van der Waals surface area contributed by atoms with Crippen LogP contribution in [0.15, 0.2) is 34.9 Å². The van der Waals surface area contributed by atoms with Gasteiger partial charge in [-0.15, -0.1) is 11.3 Å². The number of rotatable bonds is 4. The van der Waals surface area contributed by atoms with Gasteiger partial charge < -0.3 is 10.3 Å². The first-order chi connectivity index (χ1) is 10.2. The van der Waals surface area contributed by atoms with Crippen molar-refractivity contribution in [3.63, 3.8) is 0 Å². The third-order valence-electron chi connectivity index (χ3n) is 3.11. The van der Waals surface area contributed by atoms with E-state index in [2.05, 4.69) is 17.1 Å². The Morgan fingerprint density at radius 3 is 2.90 bits per heavy atom. The molecule has 0 aliphatic rings. The second kappa shape index (κ2) is 5.65. The number of aryl methyl sites for hydroxylation is 1. The van der Waals surface area contributed by atoms with Gasteiger partial charge in [0.25, 0.3) is 5.89 Å². The number of anilines is 1. The summed E-state index contributed by atoms with van der Waals surface area (Å²) in [6.07, 6.45) is 1.34. The lowest BCUT2D eigenvalue weighted by Crippen LogP contribution is -1.91. The average molecular weight is 303 g/mol. The molecule has 0 saturated carbocycles. The molecule has 0 amide bonds. The summed E-state index contributed by atoms with van der Waals surface area (Å²) in [6.45, 7) is 2.07. The summed E-state index contributed by atoms with van der Waals surface area (Å²) in [6, 6.07) is 8.33. The summed E-state index contributed by atoms with van der Waals surface area (Å²) in [5, 5.41) is 4.61. The summed E-state index contributed by atoms with van der Waals surface area (Å²) in [5.74, 6) is 0.653. The highest BCUT2D eigenvalue weighted by Crippen LogP contribution is 2.33. The lowest BCUT2D eigenvalue weighted by molar-refractivity contribution is 0.424. The number of benzene rings is 1. The van der Waals surface area contributed by atoms with Gasteiger partial charge in [0.1, 0.15) is 5.82 Å². The van der Waals surface area contributed by atoms with Crippen molar-refractivity contribution in [3.8, 4) is 11.5 Å². The first kappa shape index (κ1) is 13.8. The predicted octanol–water partition coefficient (Wildman–Crippen LogP) is 3.67. The molecular formula is C15H14FN3OS. The van der Waals surface area contributed by atoms with Crippen molar-refractivity contribution in [2.45, 2.75) is 19.8 Å². The fraction of sp³-hybridized carbons (Fsp3) is 0.200. The van der Waals surface area contributed by atoms with Crippen LogP contribution in [-0.2, 0) is 12.8 Å². The fourth-order valence-corrected chi connectivity index (χ4v) is 2.92. The minimum atomic E-state index is -0.272. The van der Waals surface area contributed by atoms with Gasteiger partial charge in [-0.05, 0) is 30.2 Å². The van der Waals surface area contributed by atoms with Gasteiger partial charge in [-0.2, -0.15) is 4.98 Å². The molecule has 0 bridgehead atoms. The van der Waals surface area contributed by atoms with Crippen LogP contribution < -0.4 is 5.73 Å². The molecular weight excluding hydrogens is 289 g/mol. The minimum absolute atomic E-state index is 0.272. The van der Waals surface area contributed by atoms with Crippen molar-refractivity contribution < 1.29 is 8.91 Å². The van der Waals surface area contributed by atoms with E-state index in [1.54, 1.807) is 6.07 Å². The lowest BCUT2D eigenvalue weighted by Gasteiger charge is -1.95. The lowest BCUT2D eigenvalue weighted by atomic mass is 10.1. The number of halogens is 1. The van der Waals surface area contributed by atoms with Gasteiger partial charge in [0.05, 0.1) is 10.6 Å². The number of hydrogen-bond donors (Lipinski definition) is 1. The number of nitrogens with zero attached hydrogens (tertiary/aromatic N) is 2. The molecule has 0 radical (unpaired) electrons. The Hall–Kier alpha value is -2.21. The Morgan fingerprint density at radius 2 is 2.19 bits per heavy atom. The van der Waals surface area contributed by atoms with Crippen LogP contribution in [0.2, 0.25) is 0 Å². The van der Waals surface area contributed by atoms with E-state index in [9.17, 15) is 4.39 Å². The zero-order valence-corrected chi connectivity index (χ0v) is 12.3. The number of thiophene rings is 1. The van der Waals surface area contributed by atoms with E-state index in [1.807, 2.05) is 12.1 Å². The Morgan fingerprint density at radius 1 is 1.33 bits per heavy atom. The predicted molar refractivity (Wildman–Crippen MR) is 80.6 cm³/mol. The van der Waals surface area contributed by atoms with Crippen molar-refractivity contribution in [2.24, 2.45) is 0 Å². The summed E-state index contributed by atoms with van der Waals surface area (Å²) >= 11 is 1.52. The van der Waals surface area contributed by atoms with E-state index in [-0.39, 0.29) is 5.82 Å². The van der Waals surface area contributed by atoms with Crippen LogP contribution in [0.4, 0.5) is 9.39 Å². The van der Waals surface area contributed by atoms with Crippen LogP contribution in [0.3, 0.4) is 0 Å². The molecule has 0 spiro atoms. The molecule has 2 N–H and O–H groups in total. The highest BCUT2D eigenvalue weighted by molar-refractivity contribution is 7.16. The molecule has 21 heavy (non-hydrogen) atoms. The number of aromatic nitrogens is 2. The van der Waals surface area contributed by atoms with E-state index in [0.717, 1.165) is 17.5 Å².